The van der Waals surface area contributed by atoms with Crippen LogP contribution in [0.3, 0.4) is 0 Å². The fraction of sp³-hybridized carbons (Fsp3) is 0.455. The third-order valence-electron chi connectivity index (χ3n) is 3.06. The lowest BCUT2D eigenvalue weighted by molar-refractivity contribution is -0.150. The first-order chi connectivity index (χ1) is 7.59. The van der Waals surface area contributed by atoms with Gasteiger partial charge in [-0.15, -0.1) is 0 Å². The van der Waals surface area contributed by atoms with Crippen LogP contribution in [0.15, 0.2) is 18.2 Å². The zero-order chi connectivity index (χ0) is 11.8. The Balaban J connectivity index is 2.26. The number of hydrogen-bond donors (Lipinski definition) is 2. The topological polar surface area (TPSA) is 55.5 Å². The molecule has 3 nitrogen and oxygen atoms in total. The molecule has 0 saturated carbocycles. The lowest BCUT2D eigenvalue weighted by atomic mass is 9.76. The summed E-state index contributed by atoms with van der Waals surface area (Å²) < 4.78 is 18.1. The number of aliphatic hydroxyl groups is 1. The monoisotopic (exact) mass is 245 g/mol. The van der Waals surface area contributed by atoms with Gasteiger partial charge in [0.2, 0.25) is 0 Å². The zero-order valence-electron chi connectivity index (χ0n) is 8.62. The van der Waals surface area contributed by atoms with Crippen molar-refractivity contribution in [1.82, 2.24) is 0 Å². The van der Waals surface area contributed by atoms with Crippen LogP contribution in [0.2, 0.25) is 5.02 Å². The third-order valence-corrected chi connectivity index (χ3v) is 3.35. The number of hydrogen-bond acceptors (Lipinski definition) is 3. The summed E-state index contributed by atoms with van der Waals surface area (Å²) >= 11 is 5.69. The van der Waals surface area contributed by atoms with Crippen LogP contribution in [-0.4, -0.2) is 24.9 Å². The zero-order valence-corrected chi connectivity index (χ0v) is 9.38. The first-order valence-electron chi connectivity index (χ1n) is 4.98. The maximum absolute atomic E-state index is 13.0. The Morgan fingerprint density at radius 3 is 2.69 bits per heavy atom. The van der Waals surface area contributed by atoms with E-state index in [-0.39, 0.29) is 11.6 Å². The Morgan fingerprint density at radius 1 is 1.56 bits per heavy atom. The van der Waals surface area contributed by atoms with Crippen LogP contribution in [0.1, 0.15) is 11.6 Å². The Hall–Kier alpha value is -0.680. The van der Waals surface area contributed by atoms with Crippen molar-refractivity contribution in [3.05, 3.63) is 34.6 Å². The number of benzene rings is 1. The van der Waals surface area contributed by atoms with E-state index in [9.17, 15) is 9.50 Å². The van der Waals surface area contributed by atoms with E-state index in [1.54, 1.807) is 6.07 Å². The van der Waals surface area contributed by atoms with Crippen molar-refractivity contribution >= 4 is 11.6 Å². The average Bonchev–Trinajstić information content (AvgIpc) is 2.21. The molecule has 1 heterocycles. The highest BCUT2D eigenvalue weighted by molar-refractivity contribution is 6.30. The van der Waals surface area contributed by atoms with Crippen molar-refractivity contribution in [1.29, 1.82) is 0 Å². The van der Waals surface area contributed by atoms with Gasteiger partial charge in [-0.05, 0) is 17.7 Å². The number of ether oxygens (including phenoxy) is 1. The van der Waals surface area contributed by atoms with Crippen LogP contribution in [0.5, 0.6) is 0 Å². The van der Waals surface area contributed by atoms with Crippen LogP contribution in [-0.2, 0) is 4.74 Å². The Kier molecular flexibility index (Phi) is 3.17. The molecule has 5 heteroatoms. The normalized spacial score (nSPS) is 20.2. The van der Waals surface area contributed by atoms with Gasteiger partial charge >= 0.3 is 0 Å². The molecule has 0 aliphatic carbocycles. The Labute approximate surface area is 98.0 Å². The number of aliphatic hydroxyl groups excluding tert-OH is 1. The molecule has 1 fully saturated rings. The lowest BCUT2D eigenvalue weighted by Crippen LogP contribution is -2.52. The highest BCUT2D eigenvalue weighted by atomic mass is 35.5. The van der Waals surface area contributed by atoms with Gasteiger partial charge in [-0.1, -0.05) is 17.7 Å². The van der Waals surface area contributed by atoms with E-state index in [0.717, 1.165) is 0 Å². The molecule has 1 unspecified atom stereocenters. The third kappa shape index (κ3) is 1.82. The first kappa shape index (κ1) is 11.8. The molecule has 0 amide bonds. The minimum absolute atomic E-state index is 0.0429. The average molecular weight is 246 g/mol. The lowest BCUT2D eigenvalue weighted by Gasteiger charge is -2.44. The molecule has 0 bridgehead atoms. The van der Waals surface area contributed by atoms with Gasteiger partial charge in [0.25, 0.3) is 0 Å². The van der Waals surface area contributed by atoms with Crippen molar-refractivity contribution in [2.45, 2.75) is 6.04 Å². The fourth-order valence-electron chi connectivity index (χ4n) is 1.79. The maximum atomic E-state index is 13.0. The minimum Gasteiger partial charge on any atom is -0.396 e. The first-order valence-corrected chi connectivity index (χ1v) is 5.36. The van der Waals surface area contributed by atoms with Gasteiger partial charge in [-0.3, -0.25) is 0 Å². The Morgan fingerprint density at radius 2 is 2.25 bits per heavy atom. The molecule has 1 aromatic carbocycles. The molecule has 2 rings (SSSR count). The molecule has 1 saturated heterocycles. The second-order valence-electron chi connectivity index (χ2n) is 4.16. The summed E-state index contributed by atoms with van der Waals surface area (Å²) in [5.74, 6) is -0.472. The van der Waals surface area contributed by atoms with E-state index in [1.807, 2.05) is 0 Å². The molecular formula is C11H13ClFNO2. The van der Waals surface area contributed by atoms with Gasteiger partial charge in [0.05, 0.1) is 30.3 Å². The molecule has 0 radical (unpaired) electrons. The van der Waals surface area contributed by atoms with E-state index in [1.165, 1.54) is 12.1 Å². The molecule has 1 aromatic rings. The minimum atomic E-state index is -0.472. The van der Waals surface area contributed by atoms with E-state index in [0.29, 0.717) is 18.8 Å². The summed E-state index contributed by atoms with van der Waals surface area (Å²) in [7, 11) is 0. The Bertz CT molecular complexity index is 390. The van der Waals surface area contributed by atoms with E-state index in [2.05, 4.69) is 0 Å². The number of nitrogens with two attached hydrogens (primary N) is 1. The molecule has 0 spiro atoms. The molecule has 0 aromatic heterocycles. The van der Waals surface area contributed by atoms with Crippen molar-refractivity contribution in [2.75, 3.05) is 19.8 Å². The van der Waals surface area contributed by atoms with Crippen LogP contribution < -0.4 is 5.73 Å². The van der Waals surface area contributed by atoms with E-state index >= 15 is 0 Å². The van der Waals surface area contributed by atoms with Crippen molar-refractivity contribution in [3.63, 3.8) is 0 Å². The molecule has 3 N–H and O–H groups in total. The van der Waals surface area contributed by atoms with Gasteiger partial charge in [-0.2, -0.15) is 0 Å². The molecule has 1 atom stereocenters. The highest BCUT2D eigenvalue weighted by Crippen LogP contribution is 2.39. The summed E-state index contributed by atoms with van der Waals surface area (Å²) in [6.45, 7) is 0.780. The predicted molar refractivity (Wildman–Crippen MR) is 58.7 cm³/mol. The van der Waals surface area contributed by atoms with E-state index in [4.69, 9.17) is 22.1 Å². The fourth-order valence-corrected chi connectivity index (χ4v) is 1.98. The second-order valence-corrected chi connectivity index (χ2v) is 4.57. The van der Waals surface area contributed by atoms with E-state index < -0.39 is 17.3 Å². The summed E-state index contributed by atoms with van der Waals surface area (Å²) in [6, 6.07) is 3.96. The van der Waals surface area contributed by atoms with Crippen molar-refractivity contribution in [3.8, 4) is 0 Å². The van der Waals surface area contributed by atoms with Crippen LogP contribution in [0.25, 0.3) is 0 Å². The highest BCUT2D eigenvalue weighted by Gasteiger charge is 2.44. The number of halogens is 2. The van der Waals surface area contributed by atoms with Gasteiger partial charge in [0.15, 0.2) is 0 Å². The molecule has 88 valence electrons. The largest absolute Gasteiger partial charge is 0.396 e. The van der Waals surface area contributed by atoms with Gasteiger partial charge in [0, 0.05) is 6.04 Å². The van der Waals surface area contributed by atoms with Crippen molar-refractivity contribution in [2.24, 2.45) is 11.1 Å². The summed E-state index contributed by atoms with van der Waals surface area (Å²) in [5.41, 5.74) is 6.30. The molecule has 16 heavy (non-hydrogen) atoms. The van der Waals surface area contributed by atoms with Crippen LogP contribution >= 0.6 is 11.6 Å². The van der Waals surface area contributed by atoms with Gasteiger partial charge in [0.1, 0.15) is 5.82 Å². The van der Waals surface area contributed by atoms with Crippen LogP contribution in [0.4, 0.5) is 4.39 Å². The molecule has 1 aliphatic heterocycles. The smallest absolute Gasteiger partial charge is 0.141 e. The van der Waals surface area contributed by atoms with Gasteiger partial charge in [-0.25, -0.2) is 4.39 Å². The standard InChI is InChI=1S/C11H13ClFNO2/c12-8-3-7(1-2-9(8)13)10(14)11(4-15)5-16-6-11/h1-3,10,15H,4-6,14H2. The number of rotatable bonds is 3. The maximum Gasteiger partial charge on any atom is 0.141 e. The second kappa shape index (κ2) is 4.30. The molecular weight excluding hydrogens is 233 g/mol. The molecule has 1 aliphatic rings. The predicted octanol–water partition coefficient (Wildman–Crippen LogP) is 1.49. The SMILES string of the molecule is NC(c1ccc(F)c(Cl)c1)C1(CO)COC1. The summed E-state index contributed by atoms with van der Waals surface area (Å²) in [5, 5.41) is 9.37. The van der Waals surface area contributed by atoms with Gasteiger partial charge < -0.3 is 15.6 Å². The quantitative estimate of drug-likeness (QED) is 0.848. The van der Waals surface area contributed by atoms with Crippen molar-refractivity contribution < 1.29 is 14.2 Å². The van der Waals surface area contributed by atoms with Crippen LogP contribution in [0, 0.1) is 11.2 Å². The summed E-state index contributed by atoms with van der Waals surface area (Å²) in [4.78, 5) is 0. The summed E-state index contributed by atoms with van der Waals surface area (Å²) in [6.07, 6.45) is 0.